The van der Waals surface area contributed by atoms with Gasteiger partial charge in [0.1, 0.15) is 0 Å². The lowest BCUT2D eigenvalue weighted by molar-refractivity contribution is -0.164. The molecule has 0 spiro atoms. The van der Waals surface area contributed by atoms with Gasteiger partial charge >= 0.3 is 5.97 Å². The quantitative estimate of drug-likeness (QED) is 0.550. The second kappa shape index (κ2) is 11.0. The van der Waals surface area contributed by atoms with Crippen molar-refractivity contribution >= 4 is 23.9 Å². The molecule has 1 aromatic rings. The van der Waals surface area contributed by atoms with E-state index in [0.717, 1.165) is 44.3 Å². The molecule has 1 unspecified atom stereocenters. The van der Waals surface area contributed by atoms with Crippen molar-refractivity contribution < 1.29 is 19.1 Å². The third-order valence-corrected chi connectivity index (χ3v) is 5.92. The number of hydrogen-bond acceptors (Lipinski definition) is 4. The van der Waals surface area contributed by atoms with Crippen LogP contribution in [0.3, 0.4) is 0 Å². The van der Waals surface area contributed by atoms with Crippen LogP contribution in [-0.2, 0) is 19.1 Å². The fourth-order valence-corrected chi connectivity index (χ4v) is 4.04. The first kappa shape index (κ1) is 22.1. The molecule has 2 fully saturated rings. The number of esters is 1. The molecule has 0 bridgehead atoms. The monoisotopic (exact) mass is 412 g/mol. The van der Waals surface area contributed by atoms with Gasteiger partial charge in [0, 0.05) is 32.3 Å². The van der Waals surface area contributed by atoms with Gasteiger partial charge in [-0.15, -0.1) is 0 Å². The molecule has 1 aromatic carbocycles. The lowest BCUT2D eigenvalue weighted by Crippen LogP contribution is -2.43. The Balaban J connectivity index is 1.43. The number of likely N-dealkylation sites (tertiary alicyclic amines) is 2. The molecule has 0 saturated carbocycles. The number of rotatable bonds is 5. The molecule has 0 aromatic heterocycles. The number of ether oxygens (including phenoxy) is 1. The van der Waals surface area contributed by atoms with E-state index < -0.39 is 6.10 Å². The van der Waals surface area contributed by atoms with Crippen LogP contribution in [-0.4, -0.2) is 59.9 Å². The van der Waals surface area contributed by atoms with E-state index in [1.165, 1.54) is 0 Å². The van der Waals surface area contributed by atoms with Crippen molar-refractivity contribution in [2.75, 3.05) is 26.2 Å². The maximum atomic E-state index is 12.6. The van der Waals surface area contributed by atoms with Crippen molar-refractivity contribution in [3.05, 3.63) is 42.0 Å². The minimum Gasteiger partial charge on any atom is -0.452 e. The number of benzene rings is 1. The van der Waals surface area contributed by atoms with E-state index in [9.17, 15) is 14.4 Å². The predicted octanol–water partition coefficient (Wildman–Crippen LogP) is 3.27. The molecular weight excluding hydrogens is 380 g/mol. The van der Waals surface area contributed by atoms with E-state index in [0.29, 0.717) is 25.9 Å². The van der Waals surface area contributed by atoms with Crippen LogP contribution in [0.15, 0.2) is 36.4 Å². The topological polar surface area (TPSA) is 66.9 Å². The number of carbonyl (C=O) groups is 3. The summed E-state index contributed by atoms with van der Waals surface area (Å²) in [6.07, 6.45) is 8.09. The Morgan fingerprint density at radius 3 is 2.20 bits per heavy atom. The summed E-state index contributed by atoms with van der Waals surface area (Å²) in [5, 5.41) is 0. The number of carbonyl (C=O) groups excluding carboxylic acids is 3. The molecule has 162 valence electrons. The van der Waals surface area contributed by atoms with E-state index in [1.54, 1.807) is 24.0 Å². The fraction of sp³-hybridized carbons (Fsp3) is 0.542. The minimum atomic E-state index is -0.746. The Labute approximate surface area is 178 Å². The second-order valence-electron chi connectivity index (χ2n) is 8.16. The predicted molar refractivity (Wildman–Crippen MR) is 115 cm³/mol. The summed E-state index contributed by atoms with van der Waals surface area (Å²) >= 11 is 0. The molecule has 30 heavy (non-hydrogen) atoms. The summed E-state index contributed by atoms with van der Waals surface area (Å²) in [4.78, 5) is 41.1. The summed E-state index contributed by atoms with van der Waals surface area (Å²) in [6.45, 7) is 4.20. The van der Waals surface area contributed by atoms with Crippen molar-refractivity contribution in [2.45, 2.75) is 51.6 Å². The van der Waals surface area contributed by atoms with Crippen LogP contribution in [0, 0.1) is 5.92 Å². The first-order valence-corrected chi connectivity index (χ1v) is 11.1. The van der Waals surface area contributed by atoms with Crippen molar-refractivity contribution in [2.24, 2.45) is 5.92 Å². The van der Waals surface area contributed by atoms with Gasteiger partial charge in [0.15, 0.2) is 6.10 Å². The second-order valence-corrected chi connectivity index (χ2v) is 8.16. The van der Waals surface area contributed by atoms with Crippen LogP contribution in [0.5, 0.6) is 0 Å². The molecule has 6 nitrogen and oxygen atoms in total. The average Bonchev–Trinajstić information content (AvgIpc) is 3.07. The zero-order chi connectivity index (χ0) is 21.3. The number of piperidine rings is 1. The van der Waals surface area contributed by atoms with Gasteiger partial charge in [0.05, 0.1) is 5.92 Å². The van der Waals surface area contributed by atoms with Crippen LogP contribution < -0.4 is 0 Å². The van der Waals surface area contributed by atoms with Crippen molar-refractivity contribution in [3.8, 4) is 0 Å². The average molecular weight is 413 g/mol. The van der Waals surface area contributed by atoms with Crippen molar-refractivity contribution in [1.82, 2.24) is 9.80 Å². The highest BCUT2D eigenvalue weighted by Gasteiger charge is 2.31. The van der Waals surface area contributed by atoms with E-state index in [4.69, 9.17) is 4.74 Å². The standard InChI is InChI=1S/C24H32N2O4/c1-19(23(28)26-15-7-2-3-8-16-26)30-24(29)21-13-17-25(18-14-21)22(27)12-11-20-9-5-4-6-10-20/h4-6,9-12,19,21H,2-3,7-8,13-18H2,1H3/b12-11+. The normalized spacial score (nSPS) is 19.4. The number of amides is 2. The molecule has 2 aliphatic rings. The first-order valence-electron chi connectivity index (χ1n) is 11.1. The molecule has 0 radical (unpaired) electrons. The molecular formula is C24H32N2O4. The van der Waals surface area contributed by atoms with Gasteiger partial charge in [0.2, 0.25) is 5.91 Å². The lowest BCUT2D eigenvalue weighted by Gasteiger charge is -2.31. The fourth-order valence-electron chi connectivity index (χ4n) is 4.04. The lowest BCUT2D eigenvalue weighted by atomic mass is 9.97. The Kier molecular flexibility index (Phi) is 8.05. The maximum absolute atomic E-state index is 12.6. The molecule has 2 aliphatic heterocycles. The van der Waals surface area contributed by atoms with Crippen LogP contribution in [0.4, 0.5) is 0 Å². The Morgan fingerprint density at radius 1 is 0.933 bits per heavy atom. The highest BCUT2D eigenvalue weighted by Crippen LogP contribution is 2.20. The molecule has 0 N–H and O–H groups in total. The van der Waals surface area contributed by atoms with Crippen LogP contribution >= 0.6 is 0 Å². The Morgan fingerprint density at radius 2 is 1.57 bits per heavy atom. The minimum absolute atomic E-state index is 0.0459. The van der Waals surface area contributed by atoms with E-state index in [2.05, 4.69) is 0 Å². The van der Waals surface area contributed by atoms with Gasteiger partial charge in [-0.1, -0.05) is 43.2 Å². The van der Waals surface area contributed by atoms with Gasteiger partial charge in [0.25, 0.3) is 5.91 Å². The molecule has 6 heteroatoms. The highest BCUT2D eigenvalue weighted by atomic mass is 16.5. The molecule has 1 atom stereocenters. The Bertz CT molecular complexity index is 746. The van der Waals surface area contributed by atoms with E-state index in [1.807, 2.05) is 35.2 Å². The van der Waals surface area contributed by atoms with Crippen LogP contribution in [0.1, 0.15) is 51.0 Å². The smallest absolute Gasteiger partial charge is 0.309 e. The van der Waals surface area contributed by atoms with Gasteiger partial charge in [-0.25, -0.2) is 0 Å². The van der Waals surface area contributed by atoms with Crippen molar-refractivity contribution in [3.63, 3.8) is 0 Å². The van der Waals surface area contributed by atoms with E-state index >= 15 is 0 Å². The molecule has 3 rings (SSSR count). The SMILES string of the molecule is CC(OC(=O)C1CCN(C(=O)/C=C/c2ccccc2)CC1)C(=O)N1CCCCCC1. The first-order chi connectivity index (χ1) is 14.5. The largest absolute Gasteiger partial charge is 0.452 e. The zero-order valence-electron chi connectivity index (χ0n) is 17.8. The summed E-state index contributed by atoms with van der Waals surface area (Å²) in [7, 11) is 0. The Hall–Kier alpha value is -2.63. The summed E-state index contributed by atoms with van der Waals surface area (Å²) in [5.41, 5.74) is 0.979. The third-order valence-electron chi connectivity index (χ3n) is 5.92. The maximum Gasteiger partial charge on any atom is 0.309 e. The van der Waals surface area contributed by atoms with Crippen molar-refractivity contribution in [1.29, 1.82) is 0 Å². The number of hydrogen-bond donors (Lipinski definition) is 0. The van der Waals surface area contributed by atoms with E-state index in [-0.39, 0.29) is 23.7 Å². The number of nitrogens with zero attached hydrogens (tertiary/aromatic N) is 2. The highest BCUT2D eigenvalue weighted by molar-refractivity contribution is 5.92. The third kappa shape index (κ3) is 6.18. The van der Waals surface area contributed by atoms with Crippen LogP contribution in [0.2, 0.25) is 0 Å². The van der Waals surface area contributed by atoms with Gasteiger partial charge in [-0.05, 0) is 44.2 Å². The van der Waals surface area contributed by atoms with Crippen LogP contribution in [0.25, 0.3) is 6.08 Å². The van der Waals surface area contributed by atoms with Gasteiger partial charge in [-0.2, -0.15) is 0 Å². The molecule has 2 amide bonds. The van der Waals surface area contributed by atoms with Gasteiger partial charge < -0.3 is 14.5 Å². The molecule has 2 saturated heterocycles. The summed E-state index contributed by atoms with van der Waals surface area (Å²) in [5.74, 6) is -0.719. The zero-order valence-corrected chi connectivity index (χ0v) is 17.8. The van der Waals surface area contributed by atoms with Gasteiger partial charge in [-0.3, -0.25) is 14.4 Å². The molecule has 0 aliphatic carbocycles. The summed E-state index contributed by atoms with van der Waals surface area (Å²) in [6, 6.07) is 9.69. The summed E-state index contributed by atoms with van der Waals surface area (Å²) < 4.78 is 5.50. The molecule has 2 heterocycles.